The molecule has 0 aliphatic heterocycles. The van der Waals surface area contributed by atoms with Crippen LogP contribution in [0.15, 0.2) is 4.99 Å². The van der Waals surface area contributed by atoms with Crippen LogP contribution >= 0.6 is 35.7 Å². The molecule has 8 heteroatoms. The predicted molar refractivity (Wildman–Crippen MR) is 111 cm³/mol. The van der Waals surface area contributed by atoms with Crippen molar-refractivity contribution in [2.24, 2.45) is 10.9 Å². The molecular formula is C15H33IN4O2S. The Bertz CT molecular complexity index is 360. The largest absolute Gasteiger partial charge is 0.444 e. The third-order valence-corrected chi connectivity index (χ3v) is 3.43. The van der Waals surface area contributed by atoms with E-state index in [2.05, 4.69) is 41.0 Å². The van der Waals surface area contributed by atoms with Crippen LogP contribution in [0.2, 0.25) is 0 Å². The van der Waals surface area contributed by atoms with Crippen LogP contribution in [0.1, 0.15) is 34.6 Å². The summed E-state index contributed by atoms with van der Waals surface area (Å²) < 4.78 is 5.30. The monoisotopic (exact) mass is 460 g/mol. The zero-order valence-corrected chi connectivity index (χ0v) is 18.5. The van der Waals surface area contributed by atoms with Gasteiger partial charge >= 0.3 is 6.09 Å². The Hall–Kier alpha value is -0.380. The highest BCUT2D eigenvalue weighted by atomic mass is 127. The molecule has 0 aromatic heterocycles. The van der Waals surface area contributed by atoms with Gasteiger partial charge in [0.05, 0.1) is 6.04 Å². The average Bonchev–Trinajstić information content (AvgIpc) is 2.38. The molecule has 3 N–H and O–H groups in total. The molecule has 0 fully saturated rings. The normalized spacial score (nSPS) is 13.1. The number of guanidine groups is 1. The second-order valence-corrected chi connectivity index (χ2v) is 7.36. The Morgan fingerprint density at radius 2 is 1.87 bits per heavy atom. The zero-order valence-electron chi connectivity index (χ0n) is 15.4. The Labute approximate surface area is 162 Å². The fourth-order valence-corrected chi connectivity index (χ4v) is 1.92. The summed E-state index contributed by atoms with van der Waals surface area (Å²) in [5.41, 5.74) is -0.492. The van der Waals surface area contributed by atoms with Crippen LogP contribution in [-0.2, 0) is 4.74 Å². The van der Waals surface area contributed by atoms with Crippen molar-refractivity contribution in [1.82, 2.24) is 16.0 Å². The van der Waals surface area contributed by atoms with Crippen molar-refractivity contribution in [3.05, 3.63) is 0 Å². The molecule has 0 spiro atoms. The minimum absolute atomic E-state index is 0. The van der Waals surface area contributed by atoms with Crippen molar-refractivity contribution in [1.29, 1.82) is 0 Å². The van der Waals surface area contributed by atoms with Crippen molar-refractivity contribution < 1.29 is 9.53 Å². The summed E-state index contributed by atoms with van der Waals surface area (Å²) >= 11 is 1.78. The summed E-state index contributed by atoms with van der Waals surface area (Å²) in [5, 5.41) is 9.38. The van der Waals surface area contributed by atoms with Crippen LogP contribution in [0.25, 0.3) is 0 Å². The van der Waals surface area contributed by atoms with Crippen LogP contribution in [0.4, 0.5) is 4.79 Å². The number of alkyl carbamates (subject to hydrolysis) is 1. The lowest BCUT2D eigenvalue weighted by Crippen LogP contribution is -2.50. The topological polar surface area (TPSA) is 74.8 Å². The fraction of sp³-hybridized carbons (Fsp3) is 0.867. The molecule has 138 valence electrons. The second kappa shape index (κ2) is 13.0. The van der Waals surface area contributed by atoms with E-state index in [0.29, 0.717) is 6.54 Å². The zero-order chi connectivity index (χ0) is 17.2. The number of carbonyl (C=O) groups excluding carboxylic acids is 1. The number of hydrogen-bond acceptors (Lipinski definition) is 4. The molecule has 1 amide bonds. The SMILES string of the molecule is CN=C(NCCSC)NCC(NC(=O)OC(C)(C)C)C(C)C.I. The fourth-order valence-electron chi connectivity index (χ4n) is 1.61. The average molecular weight is 460 g/mol. The molecule has 0 heterocycles. The number of thioether (sulfide) groups is 1. The molecule has 0 aliphatic rings. The number of nitrogens with one attached hydrogen (secondary N) is 3. The van der Waals surface area contributed by atoms with E-state index >= 15 is 0 Å². The number of carbonyl (C=O) groups is 1. The van der Waals surface area contributed by atoms with Crippen molar-refractivity contribution in [3.63, 3.8) is 0 Å². The summed E-state index contributed by atoms with van der Waals surface area (Å²) in [7, 11) is 1.74. The lowest BCUT2D eigenvalue weighted by Gasteiger charge is -2.26. The molecule has 0 bridgehead atoms. The van der Waals surface area contributed by atoms with E-state index in [0.717, 1.165) is 18.3 Å². The summed E-state index contributed by atoms with van der Waals surface area (Å²) in [6.45, 7) is 11.1. The highest BCUT2D eigenvalue weighted by Gasteiger charge is 2.21. The van der Waals surface area contributed by atoms with Crippen LogP contribution in [0.3, 0.4) is 0 Å². The molecule has 0 aromatic carbocycles. The smallest absolute Gasteiger partial charge is 0.407 e. The summed E-state index contributed by atoms with van der Waals surface area (Å²) in [5.74, 6) is 2.04. The van der Waals surface area contributed by atoms with Gasteiger partial charge in [-0.3, -0.25) is 4.99 Å². The number of ether oxygens (including phenoxy) is 1. The molecule has 0 aromatic rings. The summed E-state index contributed by atoms with van der Waals surface area (Å²) in [6, 6.07) is -0.0334. The minimum atomic E-state index is -0.492. The first-order valence-corrected chi connectivity index (χ1v) is 9.02. The van der Waals surface area contributed by atoms with Crippen LogP contribution in [0, 0.1) is 5.92 Å². The van der Waals surface area contributed by atoms with Gasteiger partial charge in [-0.25, -0.2) is 4.79 Å². The van der Waals surface area contributed by atoms with E-state index in [1.165, 1.54) is 0 Å². The molecule has 0 radical (unpaired) electrons. The highest BCUT2D eigenvalue weighted by Crippen LogP contribution is 2.08. The van der Waals surface area contributed by atoms with E-state index in [9.17, 15) is 4.79 Å². The third kappa shape index (κ3) is 13.7. The Morgan fingerprint density at radius 3 is 2.30 bits per heavy atom. The van der Waals surface area contributed by atoms with Gasteiger partial charge in [-0.05, 0) is 32.9 Å². The Morgan fingerprint density at radius 1 is 1.26 bits per heavy atom. The van der Waals surface area contributed by atoms with Gasteiger partial charge in [0.25, 0.3) is 0 Å². The molecule has 1 atom stereocenters. The maximum Gasteiger partial charge on any atom is 0.407 e. The molecule has 0 saturated heterocycles. The molecule has 0 aliphatic carbocycles. The number of nitrogens with zero attached hydrogens (tertiary/aromatic N) is 1. The quantitative estimate of drug-likeness (QED) is 0.236. The number of amides is 1. The first-order valence-electron chi connectivity index (χ1n) is 7.62. The Balaban J connectivity index is 0. The van der Waals surface area contributed by atoms with E-state index < -0.39 is 11.7 Å². The van der Waals surface area contributed by atoms with Gasteiger partial charge in [-0.1, -0.05) is 13.8 Å². The van der Waals surface area contributed by atoms with Gasteiger partial charge in [-0.2, -0.15) is 11.8 Å². The molecule has 1 unspecified atom stereocenters. The van der Waals surface area contributed by atoms with Crippen molar-refractivity contribution in [2.75, 3.05) is 32.1 Å². The molecule has 23 heavy (non-hydrogen) atoms. The number of rotatable bonds is 7. The standard InChI is InChI=1S/C15H32N4O2S.HI/c1-11(2)12(19-14(20)21-15(3,4)5)10-18-13(16-6)17-8-9-22-7;/h11-12H,8-10H2,1-7H3,(H,19,20)(H2,16,17,18);1H. The summed E-state index contributed by atoms with van der Waals surface area (Å²) in [6.07, 6.45) is 1.68. The lowest BCUT2D eigenvalue weighted by atomic mass is 10.0. The first kappa shape index (κ1) is 24.9. The van der Waals surface area contributed by atoms with E-state index in [4.69, 9.17) is 4.74 Å². The first-order chi connectivity index (χ1) is 10.2. The van der Waals surface area contributed by atoms with Crippen molar-refractivity contribution in [2.45, 2.75) is 46.3 Å². The third-order valence-electron chi connectivity index (χ3n) is 2.82. The maximum atomic E-state index is 11.9. The van der Waals surface area contributed by atoms with Gasteiger partial charge in [0.15, 0.2) is 5.96 Å². The van der Waals surface area contributed by atoms with Crippen LogP contribution < -0.4 is 16.0 Å². The van der Waals surface area contributed by atoms with Gasteiger partial charge < -0.3 is 20.7 Å². The highest BCUT2D eigenvalue weighted by molar-refractivity contribution is 14.0. The van der Waals surface area contributed by atoms with Crippen molar-refractivity contribution in [3.8, 4) is 0 Å². The maximum absolute atomic E-state index is 11.9. The van der Waals surface area contributed by atoms with Gasteiger partial charge in [0.2, 0.25) is 0 Å². The van der Waals surface area contributed by atoms with Gasteiger partial charge in [-0.15, -0.1) is 24.0 Å². The minimum Gasteiger partial charge on any atom is -0.444 e. The number of hydrogen-bond donors (Lipinski definition) is 3. The lowest BCUT2D eigenvalue weighted by molar-refractivity contribution is 0.0491. The van der Waals surface area contributed by atoms with Crippen LogP contribution in [0.5, 0.6) is 0 Å². The number of aliphatic imine (C=N–C) groups is 1. The van der Waals surface area contributed by atoms with E-state index in [-0.39, 0.29) is 35.9 Å². The predicted octanol–water partition coefficient (Wildman–Crippen LogP) is 2.68. The Kier molecular flexibility index (Phi) is 14.0. The van der Waals surface area contributed by atoms with E-state index in [1.54, 1.807) is 18.8 Å². The summed E-state index contributed by atoms with van der Waals surface area (Å²) in [4.78, 5) is 16.1. The van der Waals surface area contributed by atoms with Gasteiger partial charge in [0.1, 0.15) is 5.60 Å². The molecule has 6 nitrogen and oxygen atoms in total. The van der Waals surface area contributed by atoms with E-state index in [1.807, 2.05) is 20.8 Å². The molecule has 0 rings (SSSR count). The van der Waals surface area contributed by atoms with Gasteiger partial charge in [0, 0.05) is 25.9 Å². The molecular weight excluding hydrogens is 427 g/mol. The molecule has 0 saturated carbocycles. The second-order valence-electron chi connectivity index (χ2n) is 6.37. The number of halogens is 1. The van der Waals surface area contributed by atoms with Crippen LogP contribution in [-0.4, -0.2) is 55.8 Å². The van der Waals surface area contributed by atoms with Crippen molar-refractivity contribution >= 4 is 47.8 Å².